The maximum atomic E-state index is 5.83. The van der Waals surface area contributed by atoms with E-state index in [1.807, 2.05) is 36.4 Å². The maximum Gasteiger partial charge on any atom is 0.208 e. The third-order valence-corrected chi connectivity index (χ3v) is 4.25. The average Bonchev–Trinajstić information content (AvgIpc) is 3.03. The quantitative estimate of drug-likeness (QED) is 0.523. The lowest BCUT2D eigenvalue weighted by molar-refractivity contribution is 0.344. The molecule has 0 radical (unpaired) electrons. The fourth-order valence-corrected chi connectivity index (χ4v) is 2.72. The summed E-state index contributed by atoms with van der Waals surface area (Å²) in [6, 6.07) is 15.5. The van der Waals surface area contributed by atoms with Gasteiger partial charge in [-0.2, -0.15) is 0 Å². The Hall–Kier alpha value is -1.98. The van der Waals surface area contributed by atoms with Crippen molar-refractivity contribution in [1.82, 2.24) is 15.2 Å². The highest BCUT2D eigenvalue weighted by atomic mass is 35.5. The molecule has 0 saturated heterocycles. The number of aromatic amines is 1. The second-order valence-corrected chi connectivity index (χ2v) is 6.48. The molecule has 118 valence electrons. The topological polar surface area (TPSA) is 50.8 Å². The number of aromatic nitrogens is 3. The molecule has 0 aliphatic rings. The van der Waals surface area contributed by atoms with Crippen LogP contribution in [0.15, 0.2) is 53.7 Å². The van der Waals surface area contributed by atoms with Gasteiger partial charge in [-0.25, -0.2) is 4.98 Å². The smallest absolute Gasteiger partial charge is 0.208 e. The summed E-state index contributed by atoms with van der Waals surface area (Å²) in [4.78, 5) is 4.49. The number of hydrogen-bond donors (Lipinski definition) is 1. The molecule has 0 aliphatic carbocycles. The van der Waals surface area contributed by atoms with Crippen LogP contribution in [-0.2, 0) is 0 Å². The zero-order chi connectivity index (χ0) is 16.1. The number of thioether (sulfide) groups is 1. The zero-order valence-electron chi connectivity index (χ0n) is 12.6. The van der Waals surface area contributed by atoms with Crippen LogP contribution in [-0.4, -0.2) is 27.5 Å². The summed E-state index contributed by atoms with van der Waals surface area (Å²) < 4.78 is 5.64. The van der Waals surface area contributed by atoms with Crippen LogP contribution in [0.5, 0.6) is 5.75 Å². The Labute approximate surface area is 144 Å². The van der Waals surface area contributed by atoms with Crippen LogP contribution in [0, 0.1) is 6.92 Å². The highest BCUT2D eigenvalue weighted by molar-refractivity contribution is 7.99. The summed E-state index contributed by atoms with van der Waals surface area (Å²) in [6.07, 6.45) is 0. The number of H-pyrrole nitrogens is 1. The van der Waals surface area contributed by atoms with E-state index in [4.69, 9.17) is 16.3 Å². The lowest BCUT2D eigenvalue weighted by Gasteiger charge is -2.04. The van der Waals surface area contributed by atoms with E-state index in [2.05, 4.69) is 34.2 Å². The molecule has 1 N–H and O–H groups in total. The maximum absolute atomic E-state index is 5.83. The number of benzene rings is 2. The number of halogens is 1. The number of nitrogens with one attached hydrogen (secondary N) is 1. The van der Waals surface area contributed by atoms with Gasteiger partial charge in [0.1, 0.15) is 5.75 Å². The fourth-order valence-electron chi connectivity index (χ4n) is 1.97. The van der Waals surface area contributed by atoms with Gasteiger partial charge in [0, 0.05) is 16.3 Å². The summed E-state index contributed by atoms with van der Waals surface area (Å²) in [6.45, 7) is 2.65. The van der Waals surface area contributed by atoms with Gasteiger partial charge in [0.15, 0.2) is 5.82 Å². The first-order valence-corrected chi connectivity index (χ1v) is 8.58. The molecule has 3 aromatic rings. The molecule has 6 heteroatoms. The molecule has 0 atom stereocenters. The highest BCUT2D eigenvalue weighted by Gasteiger charge is 2.06. The predicted molar refractivity (Wildman–Crippen MR) is 94.2 cm³/mol. The van der Waals surface area contributed by atoms with Crippen molar-refractivity contribution in [1.29, 1.82) is 0 Å². The number of aryl methyl sites for hydroxylation is 1. The Morgan fingerprint density at radius 1 is 1.09 bits per heavy atom. The van der Waals surface area contributed by atoms with Gasteiger partial charge in [-0.3, -0.25) is 5.10 Å². The molecule has 4 nitrogen and oxygen atoms in total. The standard InChI is InChI=1S/C17H16ClN3OS/c1-12-2-4-13(5-3-12)16-19-17(21-20-16)23-11-10-22-15-8-6-14(18)7-9-15/h2-9H,10-11H2,1H3,(H,19,20,21). The van der Waals surface area contributed by atoms with E-state index in [-0.39, 0.29) is 0 Å². The third-order valence-electron chi connectivity index (χ3n) is 3.19. The molecule has 1 heterocycles. The molecule has 23 heavy (non-hydrogen) atoms. The van der Waals surface area contributed by atoms with Gasteiger partial charge in [0.05, 0.1) is 6.61 Å². The van der Waals surface area contributed by atoms with Gasteiger partial charge in [0.2, 0.25) is 5.16 Å². The van der Waals surface area contributed by atoms with Crippen molar-refractivity contribution >= 4 is 23.4 Å². The number of rotatable bonds is 6. The summed E-state index contributed by atoms with van der Waals surface area (Å²) in [7, 11) is 0. The Morgan fingerprint density at radius 3 is 2.57 bits per heavy atom. The van der Waals surface area contributed by atoms with E-state index in [0.29, 0.717) is 11.6 Å². The molecule has 0 bridgehead atoms. The first-order chi connectivity index (χ1) is 11.2. The zero-order valence-corrected chi connectivity index (χ0v) is 14.2. The van der Waals surface area contributed by atoms with Gasteiger partial charge < -0.3 is 4.74 Å². The van der Waals surface area contributed by atoms with E-state index in [9.17, 15) is 0 Å². The minimum absolute atomic E-state index is 0.584. The van der Waals surface area contributed by atoms with Crippen LogP contribution in [0.2, 0.25) is 5.02 Å². The lowest BCUT2D eigenvalue weighted by atomic mass is 10.1. The first kappa shape index (κ1) is 15.9. The van der Waals surface area contributed by atoms with Crippen LogP contribution < -0.4 is 4.74 Å². The third kappa shape index (κ3) is 4.50. The summed E-state index contributed by atoms with van der Waals surface area (Å²) in [5, 5.41) is 8.62. The van der Waals surface area contributed by atoms with Gasteiger partial charge >= 0.3 is 0 Å². The number of nitrogens with zero attached hydrogens (tertiary/aromatic N) is 2. The normalized spacial score (nSPS) is 10.7. The van der Waals surface area contributed by atoms with Gasteiger partial charge in [0.25, 0.3) is 0 Å². The van der Waals surface area contributed by atoms with Crippen LogP contribution in [0.1, 0.15) is 5.56 Å². The lowest BCUT2D eigenvalue weighted by Crippen LogP contribution is -2.00. The summed E-state index contributed by atoms with van der Waals surface area (Å²) in [5.41, 5.74) is 2.26. The Bertz CT molecular complexity index is 756. The molecule has 2 aromatic carbocycles. The minimum atomic E-state index is 0.584. The molecule has 0 spiro atoms. The molecule has 0 amide bonds. The van der Waals surface area contributed by atoms with Crippen molar-refractivity contribution in [3.05, 3.63) is 59.1 Å². The Morgan fingerprint density at radius 2 is 1.83 bits per heavy atom. The molecule has 1 aromatic heterocycles. The molecular weight excluding hydrogens is 330 g/mol. The van der Waals surface area contributed by atoms with Gasteiger partial charge in [-0.05, 0) is 31.2 Å². The molecule has 0 saturated carbocycles. The van der Waals surface area contributed by atoms with Crippen LogP contribution in [0.4, 0.5) is 0 Å². The van der Waals surface area contributed by atoms with Crippen molar-refractivity contribution in [2.75, 3.05) is 12.4 Å². The predicted octanol–water partition coefficient (Wildman–Crippen LogP) is 4.60. The largest absolute Gasteiger partial charge is 0.493 e. The fraction of sp³-hybridized carbons (Fsp3) is 0.176. The van der Waals surface area contributed by atoms with Crippen LogP contribution in [0.3, 0.4) is 0 Å². The second-order valence-electron chi connectivity index (χ2n) is 4.98. The van der Waals surface area contributed by atoms with E-state index >= 15 is 0 Å². The average molecular weight is 346 g/mol. The Balaban J connectivity index is 1.49. The molecule has 0 fully saturated rings. The van der Waals surface area contributed by atoms with E-state index in [1.165, 1.54) is 5.56 Å². The number of ether oxygens (including phenoxy) is 1. The van der Waals surface area contributed by atoms with Crippen molar-refractivity contribution < 1.29 is 4.74 Å². The summed E-state index contributed by atoms with van der Waals surface area (Å²) in [5.74, 6) is 2.37. The molecule has 3 rings (SSSR count). The van der Waals surface area contributed by atoms with E-state index in [0.717, 1.165) is 28.0 Å². The van der Waals surface area contributed by atoms with E-state index in [1.54, 1.807) is 11.8 Å². The van der Waals surface area contributed by atoms with Crippen molar-refractivity contribution in [3.63, 3.8) is 0 Å². The monoisotopic (exact) mass is 345 g/mol. The van der Waals surface area contributed by atoms with Crippen molar-refractivity contribution in [2.45, 2.75) is 12.1 Å². The van der Waals surface area contributed by atoms with Gasteiger partial charge in [-0.1, -0.05) is 53.2 Å². The second kappa shape index (κ2) is 7.53. The summed E-state index contributed by atoms with van der Waals surface area (Å²) >= 11 is 7.39. The van der Waals surface area contributed by atoms with Gasteiger partial charge in [-0.15, -0.1) is 5.10 Å². The van der Waals surface area contributed by atoms with Crippen LogP contribution >= 0.6 is 23.4 Å². The molecular formula is C17H16ClN3OS. The van der Waals surface area contributed by atoms with Crippen LogP contribution in [0.25, 0.3) is 11.4 Å². The van der Waals surface area contributed by atoms with E-state index < -0.39 is 0 Å². The van der Waals surface area contributed by atoms with Crippen molar-refractivity contribution in [3.8, 4) is 17.1 Å². The highest BCUT2D eigenvalue weighted by Crippen LogP contribution is 2.20. The number of hydrogen-bond acceptors (Lipinski definition) is 4. The Kier molecular flexibility index (Phi) is 5.20. The van der Waals surface area contributed by atoms with Crippen molar-refractivity contribution in [2.24, 2.45) is 0 Å². The SMILES string of the molecule is Cc1ccc(-c2nc(SCCOc3ccc(Cl)cc3)n[nH]2)cc1. The first-order valence-electron chi connectivity index (χ1n) is 7.21. The minimum Gasteiger partial charge on any atom is -0.493 e. The molecule has 0 unspecified atom stereocenters. The molecule has 0 aliphatic heterocycles.